The number of likely N-dealkylation sites (tertiary alicyclic amines) is 1. The molecule has 0 spiro atoms. The number of anilines is 1. The summed E-state index contributed by atoms with van der Waals surface area (Å²) in [6.07, 6.45) is 5.35. The van der Waals surface area contributed by atoms with Crippen molar-refractivity contribution in [3.63, 3.8) is 0 Å². The van der Waals surface area contributed by atoms with Crippen LogP contribution >= 0.6 is 11.3 Å². The van der Waals surface area contributed by atoms with Crippen molar-refractivity contribution in [2.24, 2.45) is 0 Å². The number of hydrogen-bond acceptors (Lipinski definition) is 5. The van der Waals surface area contributed by atoms with E-state index in [4.69, 9.17) is 0 Å². The largest absolute Gasteiger partial charge is 0.338 e. The summed E-state index contributed by atoms with van der Waals surface area (Å²) in [6, 6.07) is 8.00. The number of fused-ring (bicyclic) bond motifs is 1. The molecule has 0 saturated carbocycles. The number of thiophene rings is 1. The van der Waals surface area contributed by atoms with E-state index in [-0.39, 0.29) is 30.0 Å². The van der Waals surface area contributed by atoms with Gasteiger partial charge in [0.1, 0.15) is 11.4 Å². The van der Waals surface area contributed by atoms with Crippen LogP contribution in [0.25, 0.3) is 10.2 Å². The Morgan fingerprint density at radius 1 is 1.24 bits per heavy atom. The maximum absolute atomic E-state index is 13.4. The predicted octanol–water partition coefficient (Wildman–Crippen LogP) is 4.01. The second-order valence-electron chi connectivity index (χ2n) is 8.69. The van der Waals surface area contributed by atoms with Crippen molar-refractivity contribution >= 4 is 39.1 Å². The average molecular weight is 467 g/mol. The van der Waals surface area contributed by atoms with Crippen LogP contribution in [0.15, 0.2) is 35.4 Å². The number of carbonyl (C=O) groups excluding carboxylic acids is 2. The molecular formula is C25H30N4O3S. The summed E-state index contributed by atoms with van der Waals surface area (Å²) < 4.78 is 1.37. The van der Waals surface area contributed by atoms with E-state index in [1.165, 1.54) is 22.2 Å². The third kappa shape index (κ3) is 4.31. The van der Waals surface area contributed by atoms with E-state index in [0.717, 1.165) is 43.5 Å². The Morgan fingerprint density at radius 3 is 2.73 bits per heavy atom. The van der Waals surface area contributed by atoms with Gasteiger partial charge in [-0.25, -0.2) is 4.98 Å². The second kappa shape index (κ2) is 9.47. The van der Waals surface area contributed by atoms with Gasteiger partial charge in [-0.15, -0.1) is 11.3 Å². The quantitative estimate of drug-likeness (QED) is 0.569. The SMILES string of the molecule is CCc1ccccc1N(C)C(=O)c1sc2ncn(CC(=O)N3CCCCC3C)c(=O)c2c1C. The van der Waals surface area contributed by atoms with Gasteiger partial charge in [-0.3, -0.25) is 19.0 Å². The number of aryl methyl sites for hydroxylation is 2. The van der Waals surface area contributed by atoms with E-state index in [2.05, 4.69) is 18.8 Å². The van der Waals surface area contributed by atoms with Gasteiger partial charge in [0, 0.05) is 25.3 Å². The number of nitrogens with zero attached hydrogens (tertiary/aromatic N) is 4. The van der Waals surface area contributed by atoms with Crippen molar-refractivity contribution in [2.45, 2.75) is 59.0 Å². The Kier molecular flexibility index (Phi) is 6.65. The maximum atomic E-state index is 13.4. The van der Waals surface area contributed by atoms with Gasteiger partial charge in [-0.1, -0.05) is 25.1 Å². The van der Waals surface area contributed by atoms with E-state index in [9.17, 15) is 14.4 Å². The van der Waals surface area contributed by atoms with Crippen LogP contribution in [0.4, 0.5) is 5.69 Å². The number of aromatic nitrogens is 2. The summed E-state index contributed by atoms with van der Waals surface area (Å²) in [6.45, 7) is 6.59. The maximum Gasteiger partial charge on any atom is 0.268 e. The summed E-state index contributed by atoms with van der Waals surface area (Å²) in [5, 5.41) is 0.419. The molecule has 33 heavy (non-hydrogen) atoms. The molecule has 0 aliphatic carbocycles. The number of para-hydroxylation sites is 1. The Balaban J connectivity index is 1.65. The van der Waals surface area contributed by atoms with Crippen molar-refractivity contribution < 1.29 is 9.59 Å². The molecule has 3 heterocycles. The molecule has 0 radical (unpaired) electrons. The molecule has 7 nitrogen and oxygen atoms in total. The highest BCUT2D eigenvalue weighted by Gasteiger charge is 2.26. The molecule has 1 aromatic carbocycles. The van der Waals surface area contributed by atoms with Crippen molar-refractivity contribution in [1.82, 2.24) is 14.5 Å². The van der Waals surface area contributed by atoms with Gasteiger partial charge in [-0.05, 0) is 56.7 Å². The molecule has 1 atom stereocenters. The fourth-order valence-corrected chi connectivity index (χ4v) is 5.69. The highest BCUT2D eigenvalue weighted by Crippen LogP contribution is 2.30. The molecule has 0 bridgehead atoms. The third-order valence-corrected chi connectivity index (χ3v) is 7.77. The van der Waals surface area contributed by atoms with Gasteiger partial charge in [0.2, 0.25) is 5.91 Å². The van der Waals surface area contributed by atoms with E-state index in [1.54, 1.807) is 18.9 Å². The molecule has 4 rings (SSSR count). The lowest BCUT2D eigenvalue weighted by atomic mass is 10.0. The van der Waals surface area contributed by atoms with E-state index in [1.807, 2.05) is 29.2 Å². The lowest BCUT2D eigenvalue weighted by Crippen LogP contribution is -2.44. The fourth-order valence-electron chi connectivity index (χ4n) is 4.58. The summed E-state index contributed by atoms with van der Waals surface area (Å²) in [4.78, 5) is 48.4. The van der Waals surface area contributed by atoms with Crippen LogP contribution in [0.5, 0.6) is 0 Å². The first-order chi connectivity index (χ1) is 15.8. The minimum Gasteiger partial charge on any atom is -0.338 e. The van der Waals surface area contributed by atoms with Crippen LogP contribution in [0.1, 0.15) is 53.9 Å². The number of benzene rings is 1. The number of rotatable bonds is 5. The number of amides is 2. The minimum atomic E-state index is -0.276. The van der Waals surface area contributed by atoms with Crippen LogP contribution in [0, 0.1) is 6.92 Å². The molecule has 0 N–H and O–H groups in total. The van der Waals surface area contributed by atoms with E-state index >= 15 is 0 Å². The van der Waals surface area contributed by atoms with Crippen LogP contribution in [-0.2, 0) is 17.8 Å². The fraction of sp³-hybridized carbons (Fsp3) is 0.440. The van der Waals surface area contributed by atoms with Crippen molar-refractivity contribution in [2.75, 3.05) is 18.5 Å². The number of piperidine rings is 1. The lowest BCUT2D eigenvalue weighted by molar-refractivity contribution is -0.135. The van der Waals surface area contributed by atoms with Gasteiger partial charge in [0.05, 0.1) is 16.6 Å². The molecule has 1 aliphatic heterocycles. The van der Waals surface area contributed by atoms with E-state index in [0.29, 0.717) is 20.7 Å². The van der Waals surface area contributed by atoms with Gasteiger partial charge in [0.15, 0.2) is 0 Å². The summed E-state index contributed by atoms with van der Waals surface area (Å²) in [7, 11) is 1.75. The molecule has 2 amide bonds. The van der Waals surface area contributed by atoms with Gasteiger partial charge < -0.3 is 9.80 Å². The Hall–Kier alpha value is -3.00. The Labute approximate surface area is 197 Å². The average Bonchev–Trinajstić information content (AvgIpc) is 3.17. The topological polar surface area (TPSA) is 75.5 Å². The molecule has 2 aromatic heterocycles. The first kappa shape index (κ1) is 23.2. The summed E-state index contributed by atoms with van der Waals surface area (Å²) in [5.41, 5.74) is 2.28. The highest BCUT2D eigenvalue weighted by atomic mass is 32.1. The predicted molar refractivity (Wildman–Crippen MR) is 132 cm³/mol. The molecular weight excluding hydrogens is 436 g/mol. The first-order valence-electron chi connectivity index (χ1n) is 11.5. The third-order valence-electron chi connectivity index (χ3n) is 6.58. The van der Waals surface area contributed by atoms with Gasteiger partial charge in [0.25, 0.3) is 11.5 Å². The Bertz CT molecular complexity index is 1260. The van der Waals surface area contributed by atoms with Crippen LogP contribution in [0.3, 0.4) is 0 Å². The van der Waals surface area contributed by atoms with Gasteiger partial charge in [-0.2, -0.15) is 0 Å². The molecule has 174 valence electrons. The van der Waals surface area contributed by atoms with E-state index < -0.39 is 0 Å². The normalized spacial score (nSPS) is 16.2. The number of hydrogen-bond donors (Lipinski definition) is 0. The van der Waals surface area contributed by atoms with Crippen molar-refractivity contribution in [3.05, 3.63) is 57.0 Å². The van der Waals surface area contributed by atoms with Crippen LogP contribution < -0.4 is 10.5 Å². The molecule has 8 heteroatoms. The van der Waals surface area contributed by atoms with Crippen LogP contribution in [-0.4, -0.2) is 45.9 Å². The smallest absolute Gasteiger partial charge is 0.268 e. The first-order valence-corrected chi connectivity index (χ1v) is 12.3. The standard InChI is InChI=1S/C25H30N4O3S/c1-5-18-11-6-7-12-19(18)27(4)25(32)22-17(3)21-23(33-22)26-15-28(24(21)31)14-20(30)29-13-9-8-10-16(29)2/h6-7,11-12,15-16H,5,8-10,13-14H2,1-4H3. The zero-order chi connectivity index (χ0) is 23.7. The second-order valence-corrected chi connectivity index (χ2v) is 9.69. The minimum absolute atomic E-state index is 0.0333. The zero-order valence-electron chi connectivity index (χ0n) is 19.6. The summed E-state index contributed by atoms with van der Waals surface area (Å²) >= 11 is 1.23. The van der Waals surface area contributed by atoms with Crippen LogP contribution in [0.2, 0.25) is 0 Å². The summed E-state index contributed by atoms with van der Waals surface area (Å²) in [5.74, 6) is -0.230. The number of carbonyl (C=O) groups is 2. The van der Waals surface area contributed by atoms with Crippen molar-refractivity contribution in [1.29, 1.82) is 0 Å². The van der Waals surface area contributed by atoms with Gasteiger partial charge >= 0.3 is 0 Å². The lowest BCUT2D eigenvalue weighted by Gasteiger charge is -2.33. The molecule has 3 aromatic rings. The van der Waals surface area contributed by atoms with Crippen molar-refractivity contribution in [3.8, 4) is 0 Å². The zero-order valence-corrected chi connectivity index (χ0v) is 20.4. The Morgan fingerprint density at radius 2 is 2.00 bits per heavy atom. The monoisotopic (exact) mass is 466 g/mol. The molecule has 1 saturated heterocycles. The molecule has 1 fully saturated rings. The molecule has 1 unspecified atom stereocenters. The molecule has 1 aliphatic rings. The highest BCUT2D eigenvalue weighted by molar-refractivity contribution is 7.20.